The van der Waals surface area contributed by atoms with E-state index >= 15 is 0 Å². The Balaban J connectivity index is 2.07. The molecule has 0 aliphatic rings. The smallest absolute Gasteiger partial charge is 0.294 e. The molecule has 2 N–H and O–H groups in total. The number of hydrogen-bond donors (Lipinski definition) is 2. The Bertz CT molecular complexity index is 803. The Morgan fingerprint density at radius 3 is 2.32 bits per heavy atom. The number of hydrogen-bond acceptors (Lipinski definition) is 3. The van der Waals surface area contributed by atoms with Crippen LogP contribution < -0.4 is 0 Å². The summed E-state index contributed by atoms with van der Waals surface area (Å²) in [5, 5.41) is 0. The van der Waals surface area contributed by atoms with E-state index in [1.54, 1.807) is 12.1 Å². The standard InChI is InChI=1S/C13H10N2O3S/c16-19(17,18)10-7-5-9(6-8-10)13-14-11-3-1-2-4-12(11)15-13/h1-8H,(H,14,15)(H,16,17,18). The molecule has 3 rings (SSSR count). The molecule has 0 aliphatic carbocycles. The Morgan fingerprint density at radius 2 is 1.68 bits per heavy atom. The Morgan fingerprint density at radius 1 is 1.00 bits per heavy atom. The molecular weight excluding hydrogens is 264 g/mol. The first-order valence-electron chi connectivity index (χ1n) is 5.57. The molecule has 0 bridgehead atoms. The lowest BCUT2D eigenvalue weighted by atomic mass is 10.2. The first-order chi connectivity index (χ1) is 9.04. The van der Waals surface area contributed by atoms with Gasteiger partial charge in [-0.15, -0.1) is 0 Å². The zero-order chi connectivity index (χ0) is 13.5. The SMILES string of the molecule is O=S(=O)(O)c1ccc(-c2nc3ccccc3[nH]2)cc1. The summed E-state index contributed by atoms with van der Waals surface area (Å²) in [6.07, 6.45) is 0. The Kier molecular flexibility index (Phi) is 2.62. The van der Waals surface area contributed by atoms with E-state index in [0.29, 0.717) is 5.82 Å². The van der Waals surface area contributed by atoms with Crippen LogP contribution in [0.3, 0.4) is 0 Å². The lowest BCUT2D eigenvalue weighted by molar-refractivity contribution is 0.483. The van der Waals surface area contributed by atoms with E-state index in [1.807, 2.05) is 24.3 Å². The summed E-state index contributed by atoms with van der Waals surface area (Å²) in [4.78, 5) is 7.42. The average Bonchev–Trinajstić information content (AvgIpc) is 2.81. The zero-order valence-corrected chi connectivity index (χ0v) is 10.6. The van der Waals surface area contributed by atoms with Crippen LogP contribution in [0.15, 0.2) is 53.4 Å². The number of para-hydroxylation sites is 2. The van der Waals surface area contributed by atoms with Crippen molar-refractivity contribution in [1.82, 2.24) is 9.97 Å². The van der Waals surface area contributed by atoms with E-state index in [1.165, 1.54) is 12.1 Å². The van der Waals surface area contributed by atoms with Gasteiger partial charge < -0.3 is 4.98 Å². The molecule has 0 saturated heterocycles. The van der Waals surface area contributed by atoms with Crippen LogP contribution >= 0.6 is 0 Å². The highest BCUT2D eigenvalue weighted by Crippen LogP contribution is 2.21. The predicted octanol–water partition coefficient (Wildman–Crippen LogP) is 2.48. The van der Waals surface area contributed by atoms with Gasteiger partial charge in [0.2, 0.25) is 0 Å². The first kappa shape index (κ1) is 11.9. The van der Waals surface area contributed by atoms with Gasteiger partial charge in [-0.1, -0.05) is 12.1 Å². The molecule has 0 saturated carbocycles. The number of rotatable bonds is 2. The van der Waals surface area contributed by atoms with Crippen molar-refractivity contribution in [3.05, 3.63) is 48.5 Å². The van der Waals surface area contributed by atoms with Gasteiger partial charge in [0.1, 0.15) is 5.82 Å². The van der Waals surface area contributed by atoms with Gasteiger partial charge >= 0.3 is 0 Å². The van der Waals surface area contributed by atoms with Crippen LogP contribution in [0.4, 0.5) is 0 Å². The van der Waals surface area contributed by atoms with Crippen LogP contribution in [0.5, 0.6) is 0 Å². The molecule has 3 aromatic rings. The van der Waals surface area contributed by atoms with Crippen LogP contribution in [0, 0.1) is 0 Å². The highest BCUT2D eigenvalue weighted by Gasteiger charge is 2.10. The highest BCUT2D eigenvalue weighted by molar-refractivity contribution is 7.85. The molecule has 6 heteroatoms. The largest absolute Gasteiger partial charge is 0.338 e. The van der Waals surface area contributed by atoms with E-state index in [4.69, 9.17) is 4.55 Å². The number of aromatic amines is 1. The number of H-pyrrole nitrogens is 1. The van der Waals surface area contributed by atoms with Crippen molar-refractivity contribution in [1.29, 1.82) is 0 Å². The molecule has 5 nitrogen and oxygen atoms in total. The van der Waals surface area contributed by atoms with Crippen LogP contribution in [0.25, 0.3) is 22.4 Å². The molecular formula is C13H10N2O3S. The molecule has 96 valence electrons. The second-order valence-corrected chi connectivity index (χ2v) is 5.52. The van der Waals surface area contributed by atoms with Crippen molar-refractivity contribution in [3.8, 4) is 11.4 Å². The maximum Gasteiger partial charge on any atom is 0.294 e. The van der Waals surface area contributed by atoms with Crippen molar-refractivity contribution in [3.63, 3.8) is 0 Å². The predicted molar refractivity (Wildman–Crippen MR) is 71.3 cm³/mol. The number of nitrogens with one attached hydrogen (secondary N) is 1. The number of nitrogens with zero attached hydrogens (tertiary/aromatic N) is 1. The van der Waals surface area contributed by atoms with Gasteiger partial charge in [-0.3, -0.25) is 4.55 Å². The third-order valence-corrected chi connectivity index (χ3v) is 3.68. The zero-order valence-electron chi connectivity index (χ0n) is 9.74. The molecule has 2 aromatic carbocycles. The molecule has 0 atom stereocenters. The van der Waals surface area contributed by atoms with Gasteiger partial charge in [-0.25, -0.2) is 4.98 Å². The summed E-state index contributed by atoms with van der Waals surface area (Å²) < 4.78 is 30.8. The molecule has 0 amide bonds. The van der Waals surface area contributed by atoms with Crippen molar-refractivity contribution < 1.29 is 13.0 Å². The minimum Gasteiger partial charge on any atom is -0.338 e. The fourth-order valence-electron chi connectivity index (χ4n) is 1.87. The lowest BCUT2D eigenvalue weighted by Gasteiger charge is -1.99. The summed E-state index contributed by atoms with van der Waals surface area (Å²) in [6, 6.07) is 13.5. The van der Waals surface area contributed by atoms with Crippen LogP contribution in [0.2, 0.25) is 0 Å². The first-order valence-corrected chi connectivity index (χ1v) is 7.01. The topological polar surface area (TPSA) is 83.1 Å². The van der Waals surface area contributed by atoms with E-state index in [0.717, 1.165) is 16.6 Å². The molecule has 0 aliphatic heterocycles. The summed E-state index contributed by atoms with van der Waals surface area (Å²) >= 11 is 0. The second kappa shape index (κ2) is 4.18. The maximum absolute atomic E-state index is 11.0. The van der Waals surface area contributed by atoms with E-state index in [2.05, 4.69) is 9.97 Å². The number of aromatic nitrogens is 2. The molecule has 19 heavy (non-hydrogen) atoms. The van der Waals surface area contributed by atoms with Gasteiger partial charge in [-0.05, 0) is 36.4 Å². The van der Waals surface area contributed by atoms with Gasteiger partial charge in [0.15, 0.2) is 0 Å². The molecule has 0 spiro atoms. The van der Waals surface area contributed by atoms with Gasteiger partial charge in [0, 0.05) is 5.56 Å². The maximum atomic E-state index is 11.0. The third-order valence-electron chi connectivity index (χ3n) is 2.81. The minimum atomic E-state index is -4.16. The average molecular weight is 274 g/mol. The van der Waals surface area contributed by atoms with E-state index in [9.17, 15) is 8.42 Å². The van der Waals surface area contributed by atoms with Crippen LogP contribution in [-0.2, 0) is 10.1 Å². The third kappa shape index (κ3) is 2.23. The Hall–Kier alpha value is -2.18. The van der Waals surface area contributed by atoms with Gasteiger partial charge in [0.05, 0.1) is 15.9 Å². The molecule has 0 unspecified atom stereocenters. The van der Waals surface area contributed by atoms with Crippen molar-refractivity contribution >= 4 is 21.2 Å². The number of fused-ring (bicyclic) bond motifs is 1. The van der Waals surface area contributed by atoms with Gasteiger partial charge in [-0.2, -0.15) is 8.42 Å². The quantitative estimate of drug-likeness (QED) is 0.703. The fraction of sp³-hybridized carbons (Fsp3) is 0. The lowest BCUT2D eigenvalue weighted by Crippen LogP contribution is -1.97. The fourth-order valence-corrected chi connectivity index (χ4v) is 2.35. The molecule has 1 aromatic heterocycles. The molecule has 0 radical (unpaired) electrons. The summed E-state index contributed by atoms with van der Waals surface area (Å²) in [5.74, 6) is 0.656. The second-order valence-electron chi connectivity index (χ2n) is 4.10. The van der Waals surface area contributed by atoms with Crippen molar-refractivity contribution in [2.75, 3.05) is 0 Å². The molecule has 1 heterocycles. The number of benzene rings is 2. The van der Waals surface area contributed by atoms with Crippen molar-refractivity contribution in [2.45, 2.75) is 4.90 Å². The molecule has 0 fully saturated rings. The normalized spacial score (nSPS) is 11.8. The summed E-state index contributed by atoms with van der Waals surface area (Å²) in [5.41, 5.74) is 2.51. The number of imidazole rings is 1. The van der Waals surface area contributed by atoms with E-state index in [-0.39, 0.29) is 4.90 Å². The summed E-state index contributed by atoms with van der Waals surface area (Å²) in [6.45, 7) is 0. The van der Waals surface area contributed by atoms with Crippen LogP contribution in [0.1, 0.15) is 0 Å². The summed E-state index contributed by atoms with van der Waals surface area (Å²) in [7, 11) is -4.16. The monoisotopic (exact) mass is 274 g/mol. The highest BCUT2D eigenvalue weighted by atomic mass is 32.2. The van der Waals surface area contributed by atoms with Gasteiger partial charge in [0.25, 0.3) is 10.1 Å². The van der Waals surface area contributed by atoms with Crippen molar-refractivity contribution in [2.24, 2.45) is 0 Å². The van der Waals surface area contributed by atoms with E-state index < -0.39 is 10.1 Å². The Labute approximate surface area is 109 Å². The minimum absolute atomic E-state index is 0.132. The van der Waals surface area contributed by atoms with Crippen LogP contribution in [-0.4, -0.2) is 22.9 Å².